The number of carbonyl (C=O) groups is 3. The molecular weight excluding hydrogens is 445 g/mol. The van der Waals surface area contributed by atoms with Crippen molar-refractivity contribution in [3.63, 3.8) is 0 Å². The summed E-state index contributed by atoms with van der Waals surface area (Å²) in [7, 11) is 0. The fourth-order valence-corrected chi connectivity index (χ4v) is 5.75. The van der Waals surface area contributed by atoms with Crippen molar-refractivity contribution in [3.05, 3.63) is 29.8 Å². The molecule has 0 N–H and O–H groups in total. The highest BCUT2D eigenvalue weighted by Gasteiger charge is 2.70. The van der Waals surface area contributed by atoms with Crippen molar-refractivity contribution >= 4 is 17.9 Å². The lowest BCUT2D eigenvalue weighted by atomic mass is 9.78. The molecule has 5 rings (SSSR count). The van der Waals surface area contributed by atoms with Crippen LogP contribution in [0.25, 0.3) is 0 Å². The summed E-state index contributed by atoms with van der Waals surface area (Å²) >= 11 is 0. The van der Waals surface area contributed by atoms with Gasteiger partial charge in [0.25, 0.3) is 0 Å². The number of rotatable bonds is 5. The third kappa shape index (κ3) is 4.09. The minimum absolute atomic E-state index is 0.0493. The normalized spacial score (nSPS) is 33.1. The summed E-state index contributed by atoms with van der Waals surface area (Å²) in [4.78, 5) is 38.0. The largest absolute Gasteiger partial charge is 0.458 e. The predicted molar refractivity (Wildman–Crippen MR) is 104 cm³/mol. The van der Waals surface area contributed by atoms with E-state index >= 15 is 0 Å². The van der Waals surface area contributed by atoms with E-state index in [-0.39, 0.29) is 24.0 Å². The Morgan fingerprint density at radius 1 is 1.06 bits per heavy atom. The van der Waals surface area contributed by atoms with E-state index < -0.39 is 59.6 Å². The van der Waals surface area contributed by atoms with Crippen LogP contribution >= 0.6 is 0 Å². The van der Waals surface area contributed by atoms with Gasteiger partial charge in [0.1, 0.15) is 18.0 Å². The van der Waals surface area contributed by atoms with E-state index in [0.717, 1.165) is 37.1 Å². The molecule has 6 atom stereocenters. The van der Waals surface area contributed by atoms with E-state index in [4.69, 9.17) is 18.9 Å². The summed E-state index contributed by atoms with van der Waals surface area (Å²) in [5, 5.41) is 0. The van der Waals surface area contributed by atoms with Gasteiger partial charge in [0.05, 0.1) is 17.4 Å². The van der Waals surface area contributed by atoms with Crippen molar-refractivity contribution in [1.82, 2.24) is 0 Å². The molecule has 2 saturated carbocycles. The summed E-state index contributed by atoms with van der Waals surface area (Å²) in [6, 6.07) is 3.78. The summed E-state index contributed by atoms with van der Waals surface area (Å²) in [6.45, 7) is 1.21. The maximum Gasteiger partial charge on any atom is 0.416 e. The van der Waals surface area contributed by atoms with E-state index in [2.05, 4.69) is 0 Å². The minimum Gasteiger partial charge on any atom is -0.458 e. The van der Waals surface area contributed by atoms with Gasteiger partial charge in [0.2, 0.25) is 0 Å². The fraction of sp³-hybridized carbons (Fsp3) is 0.609. The molecule has 2 aliphatic carbocycles. The Balaban J connectivity index is 1.27. The van der Waals surface area contributed by atoms with E-state index in [1.165, 1.54) is 0 Å². The van der Waals surface area contributed by atoms with E-state index in [1.807, 2.05) is 0 Å². The van der Waals surface area contributed by atoms with Crippen LogP contribution in [-0.2, 0) is 34.8 Å². The quantitative estimate of drug-likeness (QED) is 0.485. The van der Waals surface area contributed by atoms with Crippen LogP contribution < -0.4 is 4.74 Å². The van der Waals surface area contributed by atoms with Crippen LogP contribution in [0, 0.1) is 29.6 Å². The zero-order chi connectivity index (χ0) is 23.3. The minimum atomic E-state index is -4.50. The molecule has 2 bridgehead atoms. The summed E-state index contributed by atoms with van der Waals surface area (Å²) in [5.41, 5.74) is -0.860. The molecule has 33 heavy (non-hydrogen) atoms. The Hall–Kier alpha value is -2.62. The molecule has 4 aliphatic rings. The molecule has 178 valence electrons. The second-order valence-electron chi connectivity index (χ2n) is 9.17. The second kappa shape index (κ2) is 8.30. The molecule has 4 fully saturated rings. The first-order chi connectivity index (χ1) is 15.7. The van der Waals surface area contributed by atoms with E-state index in [0.29, 0.717) is 19.6 Å². The number of halogens is 3. The molecule has 0 amide bonds. The van der Waals surface area contributed by atoms with E-state index in [9.17, 15) is 27.6 Å². The Bertz CT molecular complexity index is 938. The Morgan fingerprint density at radius 2 is 1.76 bits per heavy atom. The highest BCUT2D eigenvalue weighted by atomic mass is 19.4. The third-order valence-corrected chi connectivity index (χ3v) is 7.28. The van der Waals surface area contributed by atoms with Crippen molar-refractivity contribution in [2.75, 3.05) is 13.2 Å². The molecule has 10 heteroatoms. The summed E-state index contributed by atoms with van der Waals surface area (Å²) < 4.78 is 60.1. The topological polar surface area (TPSA) is 88.1 Å². The zero-order valence-electron chi connectivity index (χ0n) is 17.6. The van der Waals surface area contributed by atoms with Crippen molar-refractivity contribution in [1.29, 1.82) is 0 Å². The first-order valence-electron chi connectivity index (χ1n) is 11.1. The molecule has 7 nitrogen and oxygen atoms in total. The van der Waals surface area contributed by atoms with Gasteiger partial charge in [-0.1, -0.05) is 0 Å². The van der Waals surface area contributed by atoms with E-state index in [1.54, 1.807) is 0 Å². The number of hydrogen-bond acceptors (Lipinski definition) is 7. The van der Waals surface area contributed by atoms with Gasteiger partial charge in [0.15, 0.2) is 0 Å². The number of esters is 3. The number of carbonyl (C=O) groups excluding carboxylic acids is 3. The molecule has 2 saturated heterocycles. The van der Waals surface area contributed by atoms with Crippen molar-refractivity contribution in [2.45, 2.75) is 44.1 Å². The lowest BCUT2D eigenvalue weighted by molar-refractivity contribution is -0.165. The van der Waals surface area contributed by atoms with Gasteiger partial charge in [-0.05, 0) is 49.4 Å². The predicted octanol–water partition coefficient (Wildman–Crippen LogP) is 3.15. The molecule has 1 aromatic carbocycles. The van der Waals surface area contributed by atoms with Crippen LogP contribution in [-0.4, -0.2) is 43.3 Å². The smallest absolute Gasteiger partial charge is 0.416 e. The van der Waals surface area contributed by atoms with Gasteiger partial charge in [-0.25, -0.2) is 0 Å². The summed E-state index contributed by atoms with van der Waals surface area (Å²) in [6.07, 6.45) is -3.53. The van der Waals surface area contributed by atoms with Crippen LogP contribution in [0.1, 0.15) is 31.2 Å². The van der Waals surface area contributed by atoms with Gasteiger partial charge >= 0.3 is 24.1 Å². The monoisotopic (exact) mass is 468 g/mol. The molecule has 1 aromatic rings. The van der Waals surface area contributed by atoms with Gasteiger partial charge in [-0.3, -0.25) is 14.4 Å². The van der Waals surface area contributed by atoms with Crippen LogP contribution in [0.2, 0.25) is 0 Å². The first kappa shape index (κ1) is 22.2. The number of hydrogen-bond donors (Lipinski definition) is 0. The first-order valence-corrected chi connectivity index (χ1v) is 11.1. The Labute approximate surface area is 187 Å². The average molecular weight is 468 g/mol. The van der Waals surface area contributed by atoms with Gasteiger partial charge < -0.3 is 18.9 Å². The number of benzene rings is 1. The number of ether oxygens (including phenoxy) is 4. The van der Waals surface area contributed by atoms with Gasteiger partial charge in [-0.15, -0.1) is 0 Å². The molecular formula is C23H23F3O7. The molecule has 2 aliphatic heterocycles. The SMILES string of the molecule is O=C(CC1CCOCC1)OC1C2CC3C1OC(=O)C3C2C(=O)Oc1ccc(C(F)(F)F)cc1. The molecule has 6 unspecified atom stereocenters. The summed E-state index contributed by atoms with van der Waals surface area (Å²) in [5.74, 6) is -3.76. The van der Waals surface area contributed by atoms with Crippen molar-refractivity contribution < 1.29 is 46.5 Å². The molecule has 2 heterocycles. The molecule has 0 spiro atoms. The Kier molecular flexibility index (Phi) is 5.58. The number of alkyl halides is 3. The average Bonchev–Trinajstić information content (AvgIpc) is 3.38. The fourth-order valence-electron chi connectivity index (χ4n) is 5.75. The second-order valence-corrected chi connectivity index (χ2v) is 9.17. The van der Waals surface area contributed by atoms with Crippen LogP contribution in [0.15, 0.2) is 24.3 Å². The highest BCUT2D eigenvalue weighted by molar-refractivity contribution is 5.87. The lowest BCUT2D eigenvalue weighted by Crippen LogP contribution is -2.44. The van der Waals surface area contributed by atoms with Crippen molar-refractivity contribution in [3.8, 4) is 5.75 Å². The lowest BCUT2D eigenvalue weighted by Gasteiger charge is -2.30. The van der Waals surface area contributed by atoms with Crippen LogP contribution in [0.4, 0.5) is 13.2 Å². The van der Waals surface area contributed by atoms with Gasteiger partial charge in [-0.2, -0.15) is 13.2 Å². The Morgan fingerprint density at radius 3 is 2.42 bits per heavy atom. The van der Waals surface area contributed by atoms with Gasteiger partial charge in [0, 0.05) is 31.5 Å². The highest BCUT2D eigenvalue weighted by Crippen LogP contribution is 2.59. The zero-order valence-corrected chi connectivity index (χ0v) is 17.6. The standard InChI is InChI=1S/C23H23F3O7/c24-23(25,26)12-1-3-13(4-2-12)31-21(28)17-14-10-15-18(17)22(29)33-20(15)19(14)32-16(27)9-11-5-7-30-8-6-11/h1-4,11,14-15,17-20H,5-10H2. The maximum atomic E-state index is 13.0. The van der Waals surface area contributed by atoms with Crippen molar-refractivity contribution in [2.24, 2.45) is 29.6 Å². The maximum absolute atomic E-state index is 13.0. The molecule has 0 radical (unpaired) electrons. The van der Waals surface area contributed by atoms with Crippen LogP contribution in [0.3, 0.4) is 0 Å². The molecule has 0 aromatic heterocycles. The number of fused-ring (bicyclic) bond motifs is 1. The van der Waals surface area contributed by atoms with Crippen LogP contribution in [0.5, 0.6) is 5.75 Å². The third-order valence-electron chi connectivity index (χ3n) is 7.28.